The highest BCUT2D eigenvalue weighted by atomic mass is 32.2. The lowest BCUT2D eigenvalue weighted by Crippen LogP contribution is -2.13. The van der Waals surface area contributed by atoms with Gasteiger partial charge in [-0.25, -0.2) is 8.42 Å². The second-order valence-electron chi connectivity index (χ2n) is 5.54. The summed E-state index contributed by atoms with van der Waals surface area (Å²) in [6, 6.07) is 7.89. The Morgan fingerprint density at radius 2 is 1.65 bits per heavy atom. The number of phenolic OH excluding ortho intramolecular Hbond substituents is 1. The number of aromatic hydroxyl groups is 1. The molecule has 2 aromatic rings. The van der Waals surface area contributed by atoms with Crippen molar-refractivity contribution in [2.75, 3.05) is 5.32 Å². The molecule has 0 saturated heterocycles. The number of rotatable bonds is 3. The molecule has 122 valence electrons. The lowest BCUT2D eigenvalue weighted by Gasteiger charge is -2.16. The summed E-state index contributed by atoms with van der Waals surface area (Å²) >= 11 is 0. The van der Waals surface area contributed by atoms with Crippen molar-refractivity contribution in [2.45, 2.75) is 37.5 Å². The van der Waals surface area contributed by atoms with Crippen LogP contribution < -0.4 is 5.32 Å². The molecule has 0 bridgehead atoms. The van der Waals surface area contributed by atoms with E-state index in [1.807, 2.05) is 6.92 Å². The minimum Gasteiger partial charge on any atom is -0.507 e. The number of sulfone groups is 1. The lowest BCUT2D eigenvalue weighted by molar-refractivity contribution is -0.114. The van der Waals surface area contributed by atoms with Gasteiger partial charge >= 0.3 is 0 Å². The van der Waals surface area contributed by atoms with Crippen molar-refractivity contribution in [1.29, 1.82) is 0 Å². The molecule has 0 atom stereocenters. The monoisotopic (exact) mass is 333 g/mol. The smallest absolute Gasteiger partial charge is 0.221 e. The van der Waals surface area contributed by atoms with Crippen molar-refractivity contribution in [1.82, 2.24) is 0 Å². The van der Waals surface area contributed by atoms with Crippen molar-refractivity contribution in [2.24, 2.45) is 0 Å². The first kappa shape index (κ1) is 17.0. The van der Waals surface area contributed by atoms with Crippen LogP contribution in [-0.2, 0) is 14.6 Å². The molecule has 2 N–H and O–H groups in total. The van der Waals surface area contributed by atoms with Gasteiger partial charge in [0.25, 0.3) is 0 Å². The van der Waals surface area contributed by atoms with Crippen molar-refractivity contribution in [3.8, 4) is 5.75 Å². The van der Waals surface area contributed by atoms with Crippen LogP contribution in [0.2, 0.25) is 0 Å². The van der Waals surface area contributed by atoms with Crippen molar-refractivity contribution >= 4 is 21.4 Å². The number of anilines is 1. The van der Waals surface area contributed by atoms with E-state index in [0.717, 1.165) is 5.56 Å². The minimum atomic E-state index is -3.88. The van der Waals surface area contributed by atoms with Gasteiger partial charge in [-0.05, 0) is 44.5 Å². The summed E-state index contributed by atoms with van der Waals surface area (Å²) in [5, 5.41) is 12.7. The summed E-state index contributed by atoms with van der Waals surface area (Å²) in [5.74, 6) is -0.473. The summed E-state index contributed by atoms with van der Waals surface area (Å²) in [4.78, 5) is 11.4. The van der Waals surface area contributed by atoms with Crippen LogP contribution in [0.15, 0.2) is 40.1 Å². The van der Waals surface area contributed by atoms with Gasteiger partial charge in [-0.3, -0.25) is 4.79 Å². The van der Waals surface area contributed by atoms with Gasteiger partial charge in [0, 0.05) is 12.5 Å². The molecule has 2 rings (SSSR count). The number of aryl methyl sites for hydroxylation is 2. The zero-order valence-electron chi connectivity index (χ0n) is 13.5. The molecule has 0 aromatic heterocycles. The van der Waals surface area contributed by atoms with Gasteiger partial charge in [-0.2, -0.15) is 0 Å². The highest BCUT2D eigenvalue weighted by molar-refractivity contribution is 7.91. The van der Waals surface area contributed by atoms with Gasteiger partial charge in [0.2, 0.25) is 15.7 Å². The van der Waals surface area contributed by atoms with Crippen molar-refractivity contribution in [3.05, 3.63) is 47.0 Å². The summed E-state index contributed by atoms with van der Waals surface area (Å²) in [5.41, 5.74) is 1.82. The maximum absolute atomic E-state index is 13.0. The van der Waals surface area contributed by atoms with E-state index < -0.39 is 9.84 Å². The molecule has 0 heterocycles. The van der Waals surface area contributed by atoms with E-state index in [1.165, 1.54) is 32.0 Å². The van der Waals surface area contributed by atoms with E-state index in [4.69, 9.17) is 0 Å². The van der Waals surface area contributed by atoms with Crippen LogP contribution in [0, 0.1) is 20.8 Å². The number of benzene rings is 2. The zero-order valence-corrected chi connectivity index (χ0v) is 14.3. The summed E-state index contributed by atoms with van der Waals surface area (Å²) in [6.07, 6.45) is 0. The molecule has 0 aliphatic heterocycles. The molecular formula is C17H19NO4S. The van der Waals surface area contributed by atoms with Gasteiger partial charge in [-0.1, -0.05) is 17.7 Å². The van der Waals surface area contributed by atoms with Crippen LogP contribution in [0.1, 0.15) is 23.6 Å². The maximum Gasteiger partial charge on any atom is 0.221 e. The molecular weight excluding hydrogens is 314 g/mol. The van der Waals surface area contributed by atoms with Gasteiger partial charge in [0.1, 0.15) is 10.6 Å². The number of carbonyl (C=O) groups is 1. The van der Waals surface area contributed by atoms with Crippen LogP contribution in [0.4, 0.5) is 5.69 Å². The summed E-state index contributed by atoms with van der Waals surface area (Å²) in [7, 11) is -3.88. The lowest BCUT2D eigenvalue weighted by atomic mass is 10.1. The molecule has 5 nitrogen and oxygen atoms in total. The predicted octanol–water partition coefficient (Wildman–Crippen LogP) is 3.11. The molecule has 6 heteroatoms. The number of hydrogen-bond acceptors (Lipinski definition) is 4. The van der Waals surface area contributed by atoms with Crippen LogP contribution >= 0.6 is 0 Å². The van der Waals surface area contributed by atoms with Crippen LogP contribution in [-0.4, -0.2) is 19.4 Å². The molecule has 0 saturated carbocycles. The van der Waals surface area contributed by atoms with Gasteiger partial charge in [0.05, 0.1) is 10.6 Å². The Morgan fingerprint density at radius 1 is 1.09 bits per heavy atom. The third-order valence-corrected chi connectivity index (χ3v) is 5.54. The molecule has 1 amide bonds. The molecule has 0 radical (unpaired) electrons. The summed E-state index contributed by atoms with van der Waals surface area (Å²) < 4.78 is 25.9. The molecule has 0 spiro atoms. The fraction of sp³-hybridized carbons (Fsp3) is 0.235. The van der Waals surface area contributed by atoms with Gasteiger partial charge in [-0.15, -0.1) is 0 Å². The third-order valence-electron chi connectivity index (χ3n) is 3.59. The number of carbonyl (C=O) groups excluding carboxylic acids is 1. The van der Waals surface area contributed by atoms with E-state index in [1.54, 1.807) is 19.1 Å². The van der Waals surface area contributed by atoms with E-state index in [0.29, 0.717) is 5.56 Å². The summed E-state index contributed by atoms with van der Waals surface area (Å²) in [6.45, 7) is 6.34. The Hall–Kier alpha value is -2.34. The average molecular weight is 333 g/mol. The molecule has 0 aliphatic rings. The second kappa shape index (κ2) is 6.04. The Labute approximate surface area is 135 Å². The first-order valence-corrected chi connectivity index (χ1v) is 8.55. The number of hydrogen-bond donors (Lipinski definition) is 2. The highest BCUT2D eigenvalue weighted by Crippen LogP contribution is 2.37. The normalized spacial score (nSPS) is 11.3. The van der Waals surface area contributed by atoms with E-state index in [-0.39, 0.29) is 32.7 Å². The average Bonchev–Trinajstić information content (AvgIpc) is 2.44. The fourth-order valence-electron chi connectivity index (χ4n) is 2.42. The quantitative estimate of drug-likeness (QED) is 0.845. The topological polar surface area (TPSA) is 83.5 Å². The second-order valence-corrected chi connectivity index (χ2v) is 7.43. The third kappa shape index (κ3) is 3.22. The van der Waals surface area contributed by atoms with E-state index >= 15 is 0 Å². The van der Waals surface area contributed by atoms with E-state index in [9.17, 15) is 18.3 Å². The van der Waals surface area contributed by atoms with E-state index in [2.05, 4.69) is 5.32 Å². The molecule has 0 fully saturated rings. The van der Waals surface area contributed by atoms with Crippen molar-refractivity contribution < 1.29 is 18.3 Å². The Kier molecular flexibility index (Phi) is 4.47. The number of amides is 1. The SMILES string of the molecule is CC(=O)Nc1cc(C)c(O)c(C)c1S(=O)(=O)c1ccc(C)cc1. The van der Waals surface area contributed by atoms with Gasteiger partial charge in [0.15, 0.2) is 0 Å². The van der Waals surface area contributed by atoms with Crippen LogP contribution in [0.25, 0.3) is 0 Å². The molecule has 0 aliphatic carbocycles. The Balaban J connectivity index is 2.76. The first-order chi connectivity index (χ1) is 10.6. The highest BCUT2D eigenvalue weighted by Gasteiger charge is 2.26. The maximum atomic E-state index is 13.0. The molecule has 0 unspecified atom stereocenters. The fourth-order valence-corrected chi connectivity index (χ4v) is 4.05. The number of phenols is 1. The number of nitrogens with one attached hydrogen (secondary N) is 1. The van der Waals surface area contributed by atoms with Crippen molar-refractivity contribution in [3.63, 3.8) is 0 Å². The van der Waals surface area contributed by atoms with Crippen LogP contribution in [0.5, 0.6) is 5.75 Å². The minimum absolute atomic E-state index is 0.0837. The van der Waals surface area contributed by atoms with Gasteiger partial charge < -0.3 is 10.4 Å². The molecule has 23 heavy (non-hydrogen) atoms. The Morgan fingerprint density at radius 3 is 2.17 bits per heavy atom. The van der Waals surface area contributed by atoms with Crippen LogP contribution in [0.3, 0.4) is 0 Å². The first-order valence-electron chi connectivity index (χ1n) is 7.07. The standard InChI is InChI=1S/C17H19NO4S/c1-10-5-7-14(8-6-10)23(21,22)17-12(3)16(20)11(2)9-15(17)18-13(4)19/h5-9,20H,1-4H3,(H,18,19). The molecule has 2 aromatic carbocycles. The Bertz CT molecular complexity index is 868. The predicted molar refractivity (Wildman–Crippen MR) is 88.5 cm³/mol. The largest absolute Gasteiger partial charge is 0.507 e. The zero-order chi connectivity index (χ0) is 17.4.